The van der Waals surface area contributed by atoms with Crippen molar-refractivity contribution < 1.29 is 9.53 Å². The molecular formula is C25H25N5O2S. The van der Waals surface area contributed by atoms with Gasteiger partial charge in [-0.25, -0.2) is 0 Å². The third kappa shape index (κ3) is 4.83. The number of nitriles is 1. The number of nitrogens with zero attached hydrogens (tertiary/aromatic N) is 5. The minimum atomic E-state index is -0.761. The van der Waals surface area contributed by atoms with E-state index in [9.17, 15) is 10.1 Å². The molecular weight excluding hydrogens is 434 g/mol. The van der Waals surface area contributed by atoms with Crippen LogP contribution in [0.25, 0.3) is 11.3 Å². The summed E-state index contributed by atoms with van der Waals surface area (Å²) >= 11 is 1.54. The number of rotatable bonds is 5. The molecule has 0 radical (unpaired) electrons. The first-order valence-corrected chi connectivity index (χ1v) is 11.8. The van der Waals surface area contributed by atoms with Crippen LogP contribution in [0.1, 0.15) is 50.1 Å². The lowest BCUT2D eigenvalue weighted by molar-refractivity contribution is -0.118. The van der Waals surface area contributed by atoms with Gasteiger partial charge < -0.3 is 4.74 Å². The molecule has 4 rings (SSSR count). The zero-order chi connectivity index (χ0) is 23.5. The Hall–Kier alpha value is -3.44. The number of hydrogen-bond donors (Lipinski definition) is 0. The molecule has 0 saturated carbocycles. The maximum absolute atomic E-state index is 12.9. The lowest BCUT2D eigenvalue weighted by atomic mass is 10.0. The molecule has 1 atom stereocenters. The normalized spacial score (nSPS) is 14.7. The van der Waals surface area contributed by atoms with Crippen LogP contribution in [0.3, 0.4) is 0 Å². The summed E-state index contributed by atoms with van der Waals surface area (Å²) in [6, 6.07) is 15.0. The van der Waals surface area contributed by atoms with E-state index in [1.54, 1.807) is 40.9 Å². The van der Waals surface area contributed by atoms with E-state index in [0.717, 1.165) is 28.9 Å². The number of aromatic nitrogens is 3. The Labute approximate surface area is 197 Å². The molecule has 1 aromatic heterocycles. The zero-order valence-electron chi connectivity index (χ0n) is 19.1. The van der Waals surface area contributed by atoms with E-state index in [1.165, 1.54) is 6.92 Å². The topological polar surface area (TPSA) is 92.0 Å². The van der Waals surface area contributed by atoms with Gasteiger partial charge in [0, 0.05) is 23.8 Å². The summed E-state index contributed by atoms with van der Waals surface area (Å²) in [5, 5.41) is 18.5. The maximum atomic E-state index is 12.9. The number of thioether (sulfide) groups is 1. The van der Waals surface area contributed by atoms with Gasteiger partial charge in [0.2, 0.25) is 23.2 Å². The van der Waals surface area contributed by atoms with E-state index in [-0.39, 0.29) is 5.91 Å². The van der Waals surface area contributed by atoms with Crippen molar-refractivity contribution in [3.63, 3.8) is 0 Å². The molecule has 168 valence electrons. The van der Waals surface area contributed by atoms with Crippen LogP contribution in [-0.4, -0.2) is 26.8 Å². The van der Waals surface area contributed by atoms with Gasteiger partial charge in [-0.2, -0.15) is 10.2 Å². The van der Waals surface area contributed by atoms with Crippen molar-refractivity contribution in [1.29, 1.82) is 5.26 Å². The highest BCUT2D eigenvalue weighted by atomic mass is 32.2. The SMILES string of the molecule is CC(=O)N1c2ccc(C)cc2-c2nnc(SCCC(C)C)nc2O[C@H]1c1ccc(C#N)cc1. The van der Waals surface area contributed by atoms with Crippen molar-refractivity contribution in [2.24, 2.45) is 5.92 Å². The number of ether oxygens (including phenoxy) is 1. The molecule has 33 heavy (non-hydrogen) atoms. The quantitative estimate of drug-likeness (QED) is 0.478. The van der Waals surface area contributed by atoms with Crippen molar-refractivity contribution >= 4 is 23.4 Å². The molecule has 0 spiro atoms. The molecule has 0 fully saturated rings. The second-order valence-corrected chi connectivity index (χ2v) is 9.45. The molecule has 1 aliphatic heterocycles. The molecule has 8 heteroatoms. The summed E-state index contributed by atoms with van der Waals surface area (Å²) in [5.41, 5.74) is 4.22. The number of amides is 1. The van der Waals surface area contributed by atoms with E-state index in [0.29, 0.717) is 33.9 Å². The standard InChI is InChI=1S/C25H25N5O2S/c1-15(2)11-12-33-25-27-23-22(28-29-25)20-13-16(3)5-10-21(20)30(17(4)31)24(32-23)19-8-6-18(14-26)7-9-19/h5-10,13,15,24H,11-12H2,1-4H3/t24-/m0/s1. The van der Waals surface area contributed by atoms with Crippen molar-refractivity contribution in [2.75, 3.05) is 10.7 Å². The number of carbonyl (C=O) groups excluding carboxylic acids is 1. The highest BCUT2D eigenvalue weighted by molar-refractivity contribution is 7.99. The Morgan fingerprint density at radius 1 is 1.21 bits per heavy atom. The number of fused-ring (bicyclic) bond motifs is 3. The van der Waals surface area contributed by atoms with E-state index in [1.807, 2.05) is 25.1 Å². The van der Waals surface area contributed by atoms with Gasteiger partial charge in [-0.3, -0.25) is 9.69 Å². The average Bonchev–Trinajstić information content (AvgIpc) is 2.93. The molecule has 1 aliphatic rings. The fourth-order valence-corrected chi connectivity index (χ4v) is 4.62. The van der Waals surface area contributed by atoms with Gasteiger partial charge in [-0.1, -0.05) is 49.4 Å². The Balaban J connectivity index is 1.84. The minimum Gasteiger partial charge on any atom is -0.447 e. The van der Waals surface area contributed by atoms with Crippen LogP contribution in [0.5, 0.6) is 5.88 Å². The van der Waals surface area contributed by atoms with Crippen molar-refractivity contribution in [3.05, 3.63) is 59.2 Å². The van der Waals surface area contributed by atoms with E-state index >= 15 is 0 Å². The van der Waals surface area contributed by atoms with Crippen molar-refractivity contribution in [2.45, 2.75) is 45.5 Å². The fourth-order valence-electron chi connectivity index (χ4n) is 3.60. The van der Waals surface area contributed by atoms with Crippen LogP contribution in [0.15, 0.2) is 47.6 Å². The zero-order valence-corrected chi connectivity index (χ0v) is 19.9. The highest BCUT2D eigenvalue weighted by Crippen LogP contribution is 2.43. The van der Waals surface area contributed by atoms with Crippen LogP contribution in [-0.2, 0) is 4.79 Å². The number of benzene rings is 2. The van der Waals surface area contributed by atoms with Gasteiger partial charge in [0.05, 0.1) is 17.3 Å². The third-order valence-electron chi connectivity index (χ3n) is 5.35. The summed E-state index contributed by atoms with van der Waals surface area (Å²) < 4.78 is 6.38. The predicted molar refractivity (Wildman–Crippen MR) is 128 cm³/mol. The molecule has 0 unspecified atom stereocenters. The first-order chi connectivity index (χ1) is 15.9. The molecule has 0 aliphatic carbocycles. The summed E-state index contributed by atoms with van der Waals surface area (Å²) in [6.45, 7) is 7.85. The lowest BCUT2D eigenvalue weighted by Crippen LogP contribution is -2.36. The predicted octanol–water partition coefficient (Wildman–Crippen LogP) is 5.30. The Morgan fingerprint density at radius 2 is 1.97 bits per heavy atom. The summed E-state index contributed by atoms with van der Waals surface area (Å²) in [4.78, 5) is 19.1. The number of carbonyl (C=O) groups is 1. The van der Waals surface area contributed by atoms with Crippen LogP contribution in [0.4, 0.5) is 5.69 Å². The Bertz CT molecular complexity index is 1220. The molecule has 1 amide bonds. The summed E-state index contributed by atoms with van der Waals surface area (Å²) in [5.74, 6) is 1.62. The third-order valence-corrected chi connectivity index (χ3v) is 6.22. The first-order valence-electron chi connectivity index (χ1n) is 10.8. The van der Waals surface area contributed by atoms with Gasteiger partial charge in [0.25, 0.3) is 0 Å². The van der Waals surface area contributed by atoms with Crippen LogP contribution in [0, 0.1) is 24.2 Å². The van der Waals surface area contributed by atoms with E-state index in [2.05, 4.69) is 35.1 Å². The lowest BCUT2D eigenvalue weighted by Gasteiger charge is -2.30. The van der Waals surface area contributed by atoms with Gasteiger partial charge in [-0.05, 0) is 43.5 Å². The average molecular weight is 460 g/mol. The number of aryl methyl sites for hydroxylation is 1. The van der Waals surface area contributed by atoms with Gasteiger partial charge in [0.15, 0.2) is 5.69 Å². The summed E-state index contributed by atoms with van der Waals surface area (Å²) in [7, 11) is 0. The second-order valence-electron chi connectivity index (χ2n) is 8.39. The van der Waals surface area contributed by atoms with Crippen LogP contribution in [0.2, 0.25) is 0 Å². The van der Waals surface area contributed by atoms with Gasteiger partial charge >= 0.3 is 0 Å². The second kappa shape index (κ2) is 9.59. The largest absolute Gasteiger partial charge is 0.447 e. The molecule has 3 aromatic rings. The number of anilines is 1. The van der Waals surface area contributed by atoms with Gasteiger partial charge in [-0.15, -0.1) is 10.2 Å². The molecule has 0 N–H and O–H groups in total. The minimum absolute atomic E-state index is 0.179. The fraction of sp³-hybridized carbons (Fsp3) is 0.320. The van der Waals surface area contributed by atoms with E-state index < -0.39 is 6.23 Å². The number of hydrogen-bond acceptors (Lipinski definition) is 7. The van der Waals surface area contributed by atoms with E-state index in [4.69, 9.17) is 4.74 Å². The van der Waals surface area contributed by atoms with Crippen molar-refractivity contribution in [1.82, 2.24) is 15.2 Å². The smallest absolute Gasteiger partial charge is 0.247 e. The first kappa shape index (κ1) is 22.7. The molecule has 0 saturated heterocycles. The van der Waals surface area contributed by atoms with Crippen LogP contribution < -0.4 is 9.64 Å². The monoisotopic (exact) mass is 459 g/mol. The van der Waals surface area contributed by atoms with Crippen molar-refractivity contribution in [3.8, 4) is 23.2 Å². The molecule has 7 nitrogen and oxygen atoms in total. The molecule has 2 aromatic carbocycles. The highest BCUT2D eigenvalue weighted by Gasteiger charge is 2.34. The Kier molecular flexibility index (Phi) is 6.61. The Morgan fingerprint density at radius 3 is 2.64 bits per heavy atom. The summed E-state index contributed by atoms with van der Waals surface area (Å²) in [6.07, 6.45) is 0.281. The molecule has 2 heterocycles. The maximum Gasteiger partial charge on any atom is 0.247 e. The molecule has 0 bridgehead atoms. The van der Waals surface area contributed by atoms with Crippen LogP contribution >= 0.6 is 11.8 Å². The van der Waals surface area contributed by atoms with Gasteiger partial charge in [0.1, 0.15) is 0 Å².